The third-order valence-electron chi connectivity index (χ3n) is 3.52. The molecule has 1 aromatic carbocycles. The maximum Gasteiger partial charge on any atom is 0.285 e. The number of aromatic hydroxyl groups is 1. The minimum Gasteiger partial charge on any atom is -0.493 e. The Bertz CT molecular complexity index is 974. The molecular weight excluding hydrogens is 318 g/mol. The van der Waals surface area contributed by atoms with Crippen molar-refractivity contribution in [2.75, 3.05) is 0 Å². The number of halogens is 1. The first-order valence-electron chi connectivity index (χ1n) is 6.99. The van der Waals surface area contributed by atoms with Gasteiger partial charge in [0.05, 0.1) is 11.7 Å². The van der Waals surface area contributed by atoms with Gasteiger partial charge >= 0.3 is 0 Å². The number of aromatic nitrogens is 3. The van der Waals surface area contributed by atoms with Crippen molar-refractivity contribution in [3.8, 4) is 5.88 Å². The van der Waals surface area contributed by atoms with Gasteiger partial charge in [0.2, 0.25) is 5.88 Å². The van der Waals surface area contributed by atoms with Gasteiger partial charge in [0, 0.05) is 11.9 Å². The van der Waals surface area contributed by atoms with Crippen LogP contribution in [0.1, 0.15) is 12.5 Å². The summed E-state index contributed by atoms with van der Waals surface area (Å²) in [5.41, 5.74) is 1.83. The summed E-state index contributed by atoms with van der Waals surface area (Å²) in [4.78, 5) is 11.4. The van der Waals surface area contributed by atoms with Gasteiger partial charge in [-0.05, 0) is 26.0 Å². The van der Waals surface area contributed by atoms with Crippen LogP contribution in [-0.4, -0.2) is 19.9 Å². The van der Waals surface area contributed by atoms with Crippen molar-refractivity contribution < 1.29 is 5.11 Å². The summed E-state index contributed by atoms with van der Waals surface area (Å²) in [5.74, 6) is 0.0192. The zero-order chi connectivity index (χ0) is 16.6. The second-order valence-electron chi connectivity index (χ2n) is 5.04. The van der Waals surface area contributed by atoms with Crippen LogP contribution in [0.15, 0.2) is 39.4 Å². The van der Waals surface area contributed by atoms with Crippen LogP contribution in [0.25, 0.3) is 10.9 Å². The first kappa shape index (κ1) is 15.2. The van der Waals surface area contributed by atoms with Crippen LogP contribution < -0.4 is 5.56 Å². The number of nitrogens with one attached hydrogen (secondary N) is 1. The largest absolute Gasteiger partial charge is 0.493 e. The number of H-pyrrole nitrogens is 1. The summed E-state index contributed by atoms with van der Waals surface area (Å²) in [6, 6.07) is 5.81. The molecule has 7 nitrogen and oxygen atoms in total. The van der Waals surface area contributed by atoms with E-state index in [-0.39, 0.29) is 16.6 Å². The van der Waals surface area contributed by atoms with Crippen molar-refractivity contribution in [2.24, 2.45) is 10.2 Å². The molecule has 3 rings (SSSR count). The quantitative estimate of drug-likeness (QED) is 0.714. The van der Waals surface area contributed by atoms with E-state index < -0.39 is 5.56 Å². The van der Waals surface area contributed by atoms with Crippen molar-refractivity contribution >= 4 is 33.9 Å². The monoisotopic (exact) mass is 331 g/mol. The number of nitrogens with zero attached hydrogens (tertiary/aromatic N) is 4. The summed E-state index contributed by atoms with van der Waals surface area (Å²) in [6.07, 6.45) is 1.30. The number of rotatable bonds is 3. The van der Waals surface area contributed by atoms with Gasteiger partial charge in [-0.15, -0.1) is 10.2 Å². The van der Waals surface area contributed by atoms with Gasteiger partial charge in [-0.3, -0.25) is 4.79 Å². The average molecular weight is 332 g/mol. The van der Waals surface area contributed by atoms with Crippen LogP contribution in [0.5, 0.6) is 5.88 Å². The van der Waals surface area contributed by atoms with E-state index in [4.69, 9.17) is 11.6 Å². The van der Waals surface area contributed by atoms with Crippen LogP contribution in [0.4, 0.5) is 11.4 Å². The smallest absolute Gasteiger partial charge is 0.285 e. The van der Waals surface area contributed by atoms with Crippen LogP contribution in [-0.2, 0) is 6.54 Å². The van der Waals surface area contributed by atoms with Crippen LogP contribution in [0.2, 0.25) is 5.02 Å². The van der Waals surface area contributed by atoms with Gasteiger partial charge in [0.15, 0.2) is 5.69 Å². The fourth-order valence-electron chi connectivity index (χ4n) is 2.40. The Morgan fingerprint density at radius 3 is 2.91 bits per heavy atom. The van der Waals surface area contributed by atoms with Crippen molar-refractivity contribution in [3.63, 3.8) is 0 Å². The molecule has 118 valence electrons. The highest BCUT2D eigenvalue weighted by molar-refractivity contribution is 6.32. The molecule has 0 bridgehead atoms. The Morgan fingerprint density at radius 2 is 2.17 bits per heavy atom. The molecule has 0 unspecified atom stereocenters. The van der Waals surface area contributed by atoms with Gasteiger partial charge in [-0.1, -0.05) is 23.2 Å². The van der Waals surface area contributed by atoms with Gasteiger partial charge in [0.25, 0.3) is 5.56 Å². The van der Waals surface area contributed by atoms with E-state index in [1.165, 1.54) is 6.20 Å². The molecule has 0 aliphatic heterocycles. The number of benzene rings is 1. The lowest BCUT2D eigenvalue weighted by atomic mass is 10.1. The van der Waals surface area contributed by atoms with E-state index in [0.29, 0.717) is 12.2 Å². The van der Waals surface area contributed by atoms with Gasteiger partial charge in [-0.25, -0.2) is 5.10 Å². The fraction of sp³-hybridized carbons (Fsp3) is 0.200. The summed E-state index contributed by atoms with van der Waals surface area (Å²) in [7, 11) is 0. The molecule has 0 aliphatic rings. The molecule has 0 saturated heterocycles. The van der Waals surface area contributed by atoms with Gasteiger partial charge in [0.1, 0.15) is 10.7 Å². The van der Waals surface area contributed by atoms with E-state index >= 15 is 0 Å². The molecule has 2 heterocycles. The van der Waals surface area contributed by atoms with Crippen molar-refractivity contribution in [3.05, 3.63) is 45.3 Å². The Hall–Kier alpha value is -2.67. The van der Waals surface area contributed by atoms with Gasteiger partial charge in [-0.2, -0.15) is 5.10 Å². The maximum atomic E-state index is 11.4. The Kier molecular flexibility index (Phi) is 3.87. The predicted molar refractivity (Wildman–Crippen MR) is 88.1 cm³/mol. The Balaban J connectivity index is 2.18. The second kappa shape index (κ2) is 5.85. The zero-order valence-corrected chi connectivity index (χ0v) is 13.3. The van der Waals surface area contributed by atoms with Crippen LogP contribution >= 0.6 is 11.6 Å². The lowest BCUT2D eigenvalue weighted by molar-refractivity contribution is 0.427. The zero-order valence-electron chi connectivity index (χ0n) is 12.5. The highest BCUT2D eigenvalue weighted by atomic mass is 35.5. The fourth-order valence-corrected chi connectivity index (χ4v) is 2.53. The molecule has 2 aromatic heterocycles. The minimum atomic E-state index is -0.542. The molecule has 0 radical (unpaired) electrons. The van der Waals surface area contributed by atoms with Gasteiger partial charge < -0.3 is 9.67 Å². The standard InChI is InChI=1S/C15H14ClN5O2/c1-3-21-11-5-4-8(2)6-9(11)13(15(21)23)19-18-10-7-17-20-14(22)12(10)16/h4-7,23H,3H2,1-2H3,(H,20,22). The molecule has 0 aliphatic carbocycles. The van der Waals surface area contributed by atoms with E-state index in [2.05, 4.69) is 20.4 Å². The number of azo groups is 1. The highest BCUT2D eigenvalue weighted by Gasteiger charge is 2.16. The molecular formula is C15H14ClN5O2. The maximum absolute atomic E-state index is 11.4. The van der Waals surface area contributed by atoms with Crippen molar-refractivity contribution in [1.29, 1.82) is 0 Å². The predicted octanol–water partition coefficient (Wildman–Crippen LogP) is 3.83. The molecule has 0 atom stereocenters. The normalized spacial score (nSPS) is 11.6. The first-order chi connectivity index (χ1) is 11.0. The Morgan fingerprint density at radius 1 is 1.39 bits per heavy atom. The molecule has 0 amide bonds. The summed E-state index contributed by atoms with van der Waals surface area (Å²) in [5, 5.41) is 25.0. The van der Waals surface area contributed by atoms with E-state index in [9.17, 15) is 9.90 Å². The van der Waals surface area contributed by atoms with Crippen LogP contribution in [0.3, 0.4) is 0 Å². The van der Waals surface area contributed by atoms with E-state index in [1.807, 2.05) is 32.0 Å². The summed E-state index contributed by atoms with van der Waals surface area (Å²) < 4.78 is 1.74. The molecule has 23 heavy (non-hydrogen) atoms. The SMILES string of the molecule is CCn1c(O)c(N=Nc2cn[nH]c(=O)c2Cl)c2cc(C)ccc21. The topological polar surface area (TPSA) is 95.6 Å². The molecule has 8 heteroatoms. The van der Waals surface area contributed by atoms with Crippen molar-refractivity contribution in [1.82, 2.24) is 14.8 Å². The molecule has 0 saturated carbocycles. The Labute approximate surface area is 136 Å². The number of aryl methyl sites for hydroxylation is 2. The number of hydrogen-bond donors (Lipinski definition) is 2. The molecule has 2 N–H and O–H groups in total. The van der Waals surface area contributed by atoms with E-state index in [0.717, 1.165) is 16.5 Å². The lowest BCUT2D eigenvalue weighted by Gasteiger charge is -2.01. The van der Waals surface area contributed by atoms with Crippen LogP contribution in [0, 0.1) is 6.92 Å². The lowest BCUT2D eigenvalue weighted by Crippen LogP contribution is -2.06. The molecule has 0 spiro atoms. The number of fused-ring (bicyclic) bond motifs is 1. The third kappa shape index (κ3) is 2.59. The van der Waals surface area contributed by atoms with Crippen molar-refractivity contribution in [2.45, 2.75) is 20.4 Å². The highest BCUT2D eigenvalue weighted by Crippen LogP contribution is 2.40. The molecule has 0 fully saturated rings. The summed E-state index contributed by atoms with van der Waals surface area (Å²) in [6.45, 7) is 4.48. The number of hydrogen-bond acceptors (Lipinski definition) is 5. The molecule has 3 aromatic rings. The number of aromatic amines is 1. The minimum absolute atomic E-state index is 0.0192. The summed E-state index contributed by atoms with van der Waals surface area (Å²) >= 11 is 5.87. The first-order valence-corrected chi connectivity index (χ1v) is 7.37. The van der Waals surface area contributed by atoms with E-state index in [1.54, 1.807) is 4.57 Å². The average Bonchev–Trinajstić information content (AvgIpc) is 2.79. The third-order valence-corrected chi connectivity index (χ3v) is 3.88. The second-order valence-corrected chi connectivity index (χ2v) is 5.41.